The molecule has 0 aliphatic rings. The van der Waals surface area contributed by atoms with Crippen LogP contribution in [0.15, 0.2) is 30.3 Å². The lowest BCUT2D eigenvalue weighted by atomic mass is 10.2. The lowest BCUT2D eigenvalue weighted by Crippen LogP contribution is -2.07. The van der Waals surface area contributed by atoms with Gasteiger partial charge in [0.2, 0.25) is 5.95 Å². The summed E-state index contributed by atoms with van der Waals surface area (Å²) in [6.45, 7) is 4.36. The van der Waals surface area contributed by atoms with E-state index in [1.807, 2.05) is 6.92 Å². The van der Waals surface area contributed by atoms with Crippen molar-refractivity contribution in [3.05, 3.63) is 41.6 Å². The predicted octanol–water partition coefficient (Wildman–Crippen LogP) is 3.98. The minimum Gasteiger partial charge on any atom is -0.354 e. The average Bonchev–Trinajstić information content (AvgIpc) is 2.37. The monoisotopic (exact) mass is 296 g/mol. The minimum atomic E-state index is -4.37. The molecule has 0 atom stereocenters. The third-order valence-corrected chi connectivity index (χ3v) is 2.65. The zero-order chi connectivity index (χ0) is 15.5. The fourth-order valence-corrected chi connectivity index (χ4v) is 1.79. The van der Waals surface area contributed by atoms with Crippen molar-refractivity contribution in [3.63, 3.8) is 0 Å². The number of aromatic nitrogens is 2. The Morgan fingerprint density at radius 3 is 2.57 bits per heavy atom. The van der Waals surface area contributed by atoms with Crippen LogP contribution in [-0.2, 0) is 6.18 Å². The molecule has 0 bridgehead atoms. The summed E-state index contributed by atoms with van der Waals surface area (Å²) in [5, 5.41) is 5.83. The van der Waals surface area contributed by atoms with Crippen molar-refractivity contribution in [1.29, 1.82) is 0 Å². The van der Waals surface area contributed by atoms with Crippen LogP contribution in [0, 0.1) is 6.92 Å². The number of nitrogens with zero attached hydrogens (tertiary/aromatic N) is 2. The molecule has 1 aromatic heterocycles. The van der Waals surface area contributed by atoms with Gasteiger partial charge in [-0.2, -0.15) is 18.2 Å². The normalized spacial score (nSPS) is 11.3. The highest BCUT2D eigenvalue weighted by Crippen LogP contribution is 2.31. The number of alkyl halides is 3. The first kappa shape index (κ1) is 15.1. The summed E-state index contributed by atoms with van der Waals surface area (Å²) in [6.07, 6.45) is -4.37. The number of hydrogen-bond acceptors (Lipinski definition) is 4. The topological polar surface area (TPSA) is 49.8 Å². The molecule has 0 unspecified atom stereocenters. The molecule has 0 aliphatic heterocycles. The van der Waals surface area contributed by atoms with E-state index in [9.17, 15) is 13.2 Å². The average molecular weight is 296 g/mol. The van der Waals surface area contributed by atoms with Crippen LogP contribution in [0.4, 0.5) is 30.6 Å². The van der Waals surface area contributed by atoms with Crippen molar-refractivity contribution in [2.45, 2.75) is 20.0 Å². The van der Waals surface area contributed by atoms with E-state index < -0.39 is 11.7 Å². The lowest BCUT2D eigenvalue weighted by Gasteiger charge is -2.11. The van der Waals surface area contributed by atoms with Crippen LogP contribution in [0.5, 0.6) is 0 Å². The Balaban J connectivity index is 2.26. The summed E-state index contributed by atoms with van der Waals surface area (Å²) in [7, 11) is 0. The molecule has 0 spiro atoms. The van der Waals surface area contributed by atoms with E-state index in [-0.39, 0.29) is 0 Å². The van der Waals surface area contributed by atoms with Crippen LogP contribution < -0.4 is 10.6 Å². The maximum atomic E-state index is 12.7. The Morgan fingerprint density at radius 1 is 1.14 bits per heavy atom. The lowest BCUT2D eigenvalue weighted by molar-refractivity contribution is -0.137. The Labute approximate surface area is 120 Å². The third-order valence-electron chi connectivity index (χ3n) is 2.65. The zero-order valence-electron chi connectivity index (χ0n) is 11.6. The minimum absolute atomic E-state index is 0.324. The molecular formula is C14H15F3N4. The first-order valence-electron chi connectivity index (χ1n) is 6.42. The molecule has 4 nitrogen and oxygen atoms in total. The SMILES string of the molecule is CCNc1nc(C)cc(Nc2cccc(C(F)(F)F)c2)n1. The molecule has 2 N–H and O–H groups in total. The summed E-state index contributed by atoms with van der Waals surface area (Å²) in [4.78, 5) is 8.38. The Bertz CT molecular complexity index is 626. The third kappa shape index (κ3) is 4.08. The van der Waals surface area contributed by atoms with Gasteiger partial charge in [-0.1, -0.05) is 6.07 Å². The molecule has 112 valence electrons. The quantitative estimate of drug-likeness (QED) is 0.896. The van der Waals surface area contributed by atoms with Crippen LogP contribution in [0.2, 0.25) is 0 Å². The number of hydrogen-bond donors (Lipinski definition) is 2. The van der Waals surface area contributed by atoms with E-state index >= 15 is 0 Å². The zero-order valence-corrected chi connectivity index (χ0v) is 11.6. The fraction of sp³-hybridized carbons (Fsp3) is 0.286. The molecule has 0 amide bonds. The molecular weight excluding hydrogens is 281 g/mol. The van der Waals surface area contributed by atoms with Crippen LogP contribution in [0.3, 0.4) is 0 Å². The molecule has 7 heteroatoms. The Morgan fingerprint density at radius 2 is 1.90 bits per heavy atom. The van der Waals surface area contributed by atoms with E-state index in [4.69, 9.17) is 0 Å². The van der Waals surface area contributed by atoms with Gasteiger partial charge in [-0.25, -0.2) is 4.98 Å². The molecule has 0 aliphatic carbocycles. The first-order valence-corrected chi connectivity index (χ1v) is 6.42. The Kier molecular flexibility index (Phi) is 4.30. The molecule has 21 heavy (non-hydrogen) atoms. The van der Waals surface area contributed by atoms with E-state index in [0.717, 1.165) is 17.8 Å². The van der Waals surface area contributed by atoms with Crippen LogP contribution >= 0.6 is 0 Å². The number of benzene rings is 1. The van der Waals surface area contributed by atoms with E-state index in [2.05, 4.69) is 20.6 Å². The van der Waals surface area contributed by atoms with Gasteiger partial charge in [0.1, 0.15) is 5.82 Å². The number of anilines is 3. The molecule has 0 radical (unpaired) electrons. The summed E-state index contributed by atoms with van der Waals surface area (Å²) < 4.78 is 38.0. The number of halogens is 3. The molecule has 1 aromatic carbocycles. The second-order valence-corrected chi connectivity index (χ2v) is 4.45. The maximum Gasteiger partial charge on any atom is 0.416 e. The second kappa shape index (κ2) is 5.99. The summed E-state index contributed by atoms with van der Waals surface area (Å²) >= 11 is 0. The number of aryl methyl sites for hydroxylation is 1. The highest BCUT2D eigenvalue weighted by atomic mass is 19.4. The van der Waals surface area contributed by atoms with Gasteiger partial charge >= 0.3 is 6.18 Å². The smallest absolute Gasteiger partial charge is 0.354 e. The summed E-state index contributed by atoms with van der Waals surface area (Å²) in [5.74, 6) is 0.879. The fourth-order valence-electron chi connectivity index (χ4n) is 1.79. The van der Waals surface area contributed by atoms with E-state index in [0.29, 0.717) is 24.0 Å². The molecule has 0 saturated heterocycles. The Hall–Kier alpha value is -2.31. The molecule has 1 heterocycles. The standard InChI is InChI=1S/C14H15F3N4/c1-3-18-13-19-9(2)7-12(21-13)20-11-6-4-5-10(8-11)14(15,16)17/h4-8H,3H2,1-2H3,(H2,18,19,20,21). The molecule has 0 saturated carbocycles. The van der Waals surface area contributed by atoms with Crippen molar-refractivity contribution in [2.24, 2.45) is 0 Å². The van der Waals surface area contributed by atoms with Gasteiger partial charge < -0.3 is 10.6 Å². The van der Waals surface area contributed by atoms with Gasteiger partial charge in [-0.15, -0.1) is 0 Å². The molecule has 2 rings (SSSR count). The van der Waals surface area contributed by atoms with Gasteiger partial charge in [-0.05, 0) is 32.0 Å². The van der Waals surface area contributed by atoms with Gasteiger partial charge in [0.25, 0.3) is 0 Å². The van der Waals surface area contributed by atoms with Crippen LogP contribution in [-0.4, -0.2) is 16.5 Å². The van der Waals surface area contributed by atoms with Crippen LogP contribution in [0.25, 0.3) is 0 Å². The van der Waals surface area contributed by atoms with Gasteiger partial charge in [0.05, 0.1) is 5.56 Å². The maximum absolute atomic E-state index is 12.7. The largest absolute Gasteiger partial charge is 0.416 e. The first-order chi connectivity index (χ1) is 9.88. The predicted molar refractivity (Wildman–Crippen MR) is 75.7 cm³/mol. The van der Waals surface area contributed by atoms with Gasteiger partial charge in [-0.3, -0.25) is 0 Å². The van der Waals surface area contributed by atoms with Crippen molar-refractivity contribution in [3.8, 4) is 0 Å². The van der Waals surface area contributed by atoms with Gasteiger partial charge in [0, 0.05) is 24.0 Å². The van der Waals surface area contributed by atoms with Crippen molar-refractivity contribution in [2.75, 3.05) is 17.2 Å². The van der Waals surface area contributed by atoms with E-state index in [1.54, 1.807) is 19.1 Å². The molecule has 0 fully saturated rings. The number of rotatable bonds is 4. The summed E-state index contributed by atoms with van der Waals surface area (Å²) in [5.41, 5.74) is 0.339. The van der Waals surface area contributed by atoms with Crippen molar-refractivity contribution in [1.82, 2.24) is 9.97 Å². The van der Waals surface area contributed by atoms with Crippen molar-refractivity contribution < 1.29 is 13.2 Å². The molecule has 2 aromatic rings. The highest BCUT2D eigenvalue weighted by Gasteiger charge is 2.30. The van der Waals surface area contributed by atoms with Crippen molar-refractivity contribution >= 4 is 17.5 Å². The second-order valence-electron chi connectivity index (χ2n) is 4.45. The van der Waals surface area contributed by atoms with Crippen LogP contribution in [0.1, 0.15) is 18.2 Å². The number of nitrogens with one attached hydrogen (secondary N) is 2. The van der Waals surface area contributed by atoms with E-state index in [1.165, 1.54) is 6.07 Å². The highest BCUT2D eigenvalue weighted by molar-refractivity contribution is 5.58. The van der Waals surface area contributed by atoms with Gasteiger partial charge in [0.15, 0.2) is 0 Å². The summed E-state index contributed by atoms with van der Waals surface area (Å²) in [6, 6.07) is 6.65.